The predicted molar refractivity (Wildman–Crippen MR) is 107 cm³/mol. The summed E-state index contributed by atoms with van der Waals surface area (Å²) in [6.07, 6.45) is 9.65. The number of allylic oxidation sites excluding steroid dienone is 2. The third kappa shape index (κ3) is 3.13. The lowest BCUT2D eigenvalue weighted by molar-refractivity contribution is -0.117. The number of fused-ring (bicyclic) bond motifs is 1. The van der Waals surface area contributed by atoms with E-state index in [1.165, 1.54) is 24.8 Å². The molecule has 0 amide bonds. The predicted octanol–water partition coefficient (Wildman–Crippen LogP) is 5.25. The lowest BCUT2D eigenvalue weighted by Gasteiger charge is -2.53. The van der Waals surface area contributed by atoms with Crippen LogP contribution in [0.15, 0.2) is 21.6 Å². The summed E-state index contributed by atoms with van der Waals surface area (Å²) in [7, 11) is 0. The highest BCUT2D eigenvalue weighted by Crippen LogP contribution is 2.55. The van der Waals surface area contributed by atoms with Gasteiger partial charge in [0, 0.05) is 0 Å². The van der Waals surface area contributed by atoms with Crippen LogP contribution in [0.2, 0.25) is 0 Å². The Balaban J connectivity index is 1.88. The van der Waals surface area contributed by atoms with Crippen molar-refractivity contribution in [2.24, 2.45) is 27.7 Å². The summed E-state index contributed by atoms with van der Waals surface area (Å²) in [6.45, 7) is 18.9. The molecule has 2 fully saturated rings. The van der Waals surface area contributed by atoms with Gasteiger partial charge in [-0.05, 0) is 104 Å². The molecule has 140 valence electrons. The van der Waals surface area contributed by atoms with Crippen molar-refractivity contribution in [1.29, 1.82) is 0 Å². The van der Waals surface area contributed by atoms with Crippen LogP contribution in [-0.4, -0.2) is 36.2 Å². The van der Waals surface area contributed by atoms with Crippen molar-refractivity contribution in [2.75, 3.05) is 0 Å². The van der Waals surface area contributed by atoms with Gasteiger partial charge in [-0.2, -0.15) is 0 Å². The molecule has 3 heteroatoms. The Bertz CT molecular complexity index is 581. The van der Waals surface area contributed by atoms with Crippen LogP contribution in [0.3, 0.4) is 0 Å². The quantitative estimate of drug-likeness (QED) is 0.507. The minimum Gasteiger partial charge on any atom is -0.369 e. The van der Waals surface area contributed by atoms with Crippen LogP contribution in [0.25, 0.3) is 0 Å². The molecule has 0 radical (unpaired) electrons. The van der Waals surface area contributed by atoms with E-state index < -0.39 is 0 Å². The number of rotatable bonds is 4. The first-order chi connectivity index (χ1) is 11.6. The molecule has 0 aromatic rings. The Hall–Kier alpha value is -0.960. The third-order valence-electron chi connectivity index (χ3n) is 7.67. The second-order valence-corrected chi connectivity index (χ2v) is 9.67. The highest BCUT2D eigenvalue weighted by atomic mass is 16.5. The first-order valence-electron chi connectivity index (χ1n) is 9.96. The molecule has 1 saturated heterocycles. The molecule has 0 aromatic heterocycles. The van der Waals surface area contributed by atoms with E-state index in [9.17, 15) is 0 Å². The highest BCUT2D eigenvalue weighted by Gasteiger charge is 2.55. The maximum absolute atomic E-state index is 6.72. The van der Waals surface area contributed by atoms with Crippen LogP contribution < -0.4 is 0 Å². The first kappa shape index (κ1) is 18.8. The monoisotopic (exact) mass is 344 g/mol. The van der Waals surface area contributed by atoms with Gasteiger partial charge in [0.15, 0.2) is 0 Å². The standard InChI is InChI=1S/C22H36N2O/c1-15-8-9-17-16(14-15)18(10-12-21(17,4)24-7)22(5)13-11-19(25-22)20(2,3)23-6/h14,16-19H,6-13H2,1-5H3/t16-,17+,18-,19-,21-,22+/m1/s1. The largest absolute Gasteiger partial charge is 0.369 e. The van der Waals surface area contributed by atoms with Crippen molar-refractivity contribution in [3.8, 4) is 0 Å². The highest BCUT2D eigenvalue weighted by molar-refractivity contribution is 5.28. The second kappa shape index (κ2) is 6.33. The lowest BCUT2D eigenvalue weighted by atomic mass is 9.56. The zero-order valence-electron chi connectivity index (χ0n) is 16.8. The molecular weight excluding hydrogens is 308 g/mol. The van der Waals surface area contributed by atoms with Gasteiger partial charge in [-0.25, -0.2) is 0 Å². The van der Waals surface area contributed by atoms with Gasteiger partial charge in [0.25, 0.3) is 0 Å². The van der Waals surface area contributed by atoms with E-state index >= 15 is 0 Å². The molecule has 3 rings (SSSR count). The van der Waals surface area contributed by atoms with Crippen molar-refractivity contribution in [3.05, 3.63) is 11.6 Å². The van der Waals surface area contributed by atoms with E-state index in [0.29, 0.717) is 17.8 Å². The molecule has 0 unspecified atom stereocenters. The van der Waals surface area contributed by atoms with Crippen molar-refractivity contribution in [2.45, 2.75) is 95.9 Å². The van der Waals surface area contributed by atoms with Gasteiger partial charge in [-0.3, -0.25) is 9.98 Å². The average Bonchev–Trinajstić information content (AvgIpc) is 2.99. The molecular formula is C22H36N2O. The van der Waals surface area contributed by atoms with E-state index in [2.05, 4.69) is 64.1 Å². The fourth-order valence-corrected chi connectivity index (χ4v) is 5.69. The van der Waals surface area contributed by atoms with Crippen LogP contribution in [0.5, 0.6) is 0 Å². The van der Waals surface area contributed by atoms with Gasteiger partial charge in [-0.15, -0.1) is 0 Å². The lowest BCUT2D eigenvalue weighted by Crippen LogP contribution is -2.52. The Morgan fingerprint density at radius 1 is 1.12 bits per heavy atom. The molecule has 1 saturated carbocycles. The minimum absolute atomic E-state index is 0.0225. The summed E-state index contributed by atoms with van der Waals surface area (Å²) in [5, 5.41) is 0. The minimum atomic E-state index is -0.207. The zero-order valence-corrected chi connectivity index (χ0v) is 16.8. The first-order valence-corrected chi connectivity index (χ1v) is 9.96. The van der Waals surface area contributed by atoms with E-state index in [4.69, 9.17) is 4.74 Å². The maximum Gasteiger partial charge on any atom is 0.0829 e. The molecule has 1 aliphatic heterocycles. The van der Waals surface area contributed by atoms with Crippen LogP contribution in [0.1, 0.15) is 73.1 Å². The molecule has 0 bridgehead atoms. The van der Waals surface area contributed by atoms with E-state index in [1.807, 2.05) is 0 Å². The fraction of sp³-hybridized carbons (Fsp3) is 0.818. The van der Waals surface area contributed by atoms with Crippen molar-refractivity contribution < 1.29 is 4.74 Å². The molecule has 0 N–H and O–H groups in total. The van der Waals surface area contributed by atoms with Crippen molar-refractivity contribution >= 4 is 13.4 Å². The Morgan fingerprint density at radius 3 is 2.48 bits per heavy atom. The van der Waals surface area contributed by atoms with Crippen molar-refractivity contribution in [3.63, 3.8) is 0 Å². The van der Waals surface area contributed by atoms with Crippen molar-refractivity contribution in [1.82, 2.24) is 0 Å². The Kier molecular flexibility index (Phi) is 4.77. The average molecular weight is 345 g/mol. The zero-order chi connectivity index (χ0) is 18.5. The fourth-order valence-electron chi connectivity index (χ4n) is 5.69. The molecule has 0 aromatic carbocycles. The smallest absolute Gasteiger partial charge is 0.0829 e. The molecule has 1 heterocycles. The summed E-state index contributed by atoms with van der Waals surface area (Å²) < 4.78 is 6.72. The van der Waals surface area contributed by atoms with Gasteiger partial charge < -0.3 is 4.74 Å². The number of hydrogen-bond acceptors (Lipinski definition) is 3. The number of ether oxygens (including phenoxy) is 1. The number of aliphatic imine (C=N–C) groups is 2. The molecule has 3 nitrogen and oxygen atoms in total. The number of nitrogens with zero attached hydrogens (tertiary/aromatic N) is 2. The van der Waals surface area contributed by atoms with Gasteiger partial charge in [0.1, 0.15) is 0 Å². The van der Waals surface area contributed by atoms with Crippen LogP contribution >= 0.6 is 0 Å². The van der Waals surface area contributed by atoms with E-state index in [1.54, 1.807) is 0 Å². The summed E-state index contributed by atoms with van der Waals surface area (Å²) in [5.74, 6) is 1.72. The number of hydrogen-bond donors (Lipinski definition) is 0. The molecule has 2 aliphatic carbocycles. The van der Waals surface area contributed by atoms with Gasteiger partial charge in [0.2, 0.25) is 0 Å². The SMILES string of the molecule is C=NC(C)(C)[C@H]1CC[C@@](C)([C@@H]2CC[C@@](C)(N=C)[C@H]3CCC(C)=C[C@@H]23)O1. The molecule has 25 heavy (non-hydrogen) atoms. The van der Waals surface area contributed by atoms with E-state index in [0.717, 1.165) is 19.3 Å². The Labute approximate surface area is 154 Å². The summed E-state index contributed by atoms with van der Waals surface area (Å²) in [5.41, 5.74) is 1.29. The van der Waals surface area contributed by atoms with Crippen LogP contribution in [-0.2, 0) is 4.74 Å². The van der Waals surface area contributed by atoms with Gasteiger partial charge >= 0.3 is 0 Å². The summed E-state index contributed by atoms with van der Waals surface area (Å²) >= 11 is 0. The second-order valence-electron chi connectivity index (χ2n) is 9.67. The summed E-state index contributed by atoms with van der Waals surface area (Å²) in [6, 6.07) is 0. The normalized spacial score (nSPS) is 44.8. The van der Waals surface area contributed by atoms with Gasteiger partial charge in [-0.1, -0.05) is 11.6 Å². The van der Waals surface area contributed by atoms with Crippen LogP contribution in [0.4, 0.5) is 0 Å². The molecule has 6 atom stereocenters. The molecule has 3 aliphatic rings. The third-order valence-corrected chi connectivity index (χ3v) is 7.67. The topological polar surface area (TPSA) is 34.0 Å². The summed E-state index contributed by atoms with van der Waals surface area (Å²) in [4.78, 5) is 8.93. The van der Waals surface area contributed by atoms with Gasteiger partial charge in [0.05, 0.1) is 22.8 Å². The molecule has 0 spiro atoms. The van der Waals surface area contributed by atoms with Crippen LogP contribution in [0, 0.1) is 17.8 Å². The Morgan fingerprint density at radius 2 is 1.84 bits per heavy atom. The maximum atomic E-state index is 6.72. The van der Waals surface area contributed by atoms with E-state index in [-0.39, 0.29) is 22.8 Å².